The summed E-state index contributed by atoms with van der Waals surface area (Å²) in [5.74, 6) is 0. The van der Waals surface area contributed by atoms with Crippen LogP contribution < -0.4 is 0 Å². The number of hydrogen-bond donors (Lipinski definition) is 0. The zero-order chi connectivity index (χ0) is 9.40. The molecule has 0 aliphatic rings. The van der Waals surface area contributed by atoms with E-state index in [-0.39, 0.29) is 6.54 Å². The highest BCUT2D eigenvalue weighted by Gasteiger charge is 2.12. The number of ether oxygens (including phenoxy) is 1. The van der Waals surface area contributed by atoms with Gasteiger partial charge in [0.05, 0.1) is 13.2 Å². The Morgan fingerprint density at radius 2 is 2.25 bits per heavy atom. The number of hydrogen-bond acceptors (Lipinski definition) is 3. The van der Waals surface area contributed by atoms with Crippen LogP contribution in [-0.4, -0.2) is 24.3 Å². The van der Waals surface area contributed by atoms with Crippen molar-refractivity contribution in [1.29, 1.82) is 0 Å². The largest absolute Gasteiger partial charge is 0.448 e. The fourth-order valence-corrected chi connectivity index (χ4v) is 0.563. The second kappa shape index (κ2) is 6.27. The lowest BCUT2D eigenvalue weighted by molar-refractivity contribution is -0.0753. The molecule has 0 bridgehead atoms. The second-order valence-electron chi connectivity index (χ2n) is 1.82. The van der Waals surface area contributed by atoms with Gasteiger partial charge in [0.1, 0.15) is 6.26 Å². The summed E-state index contributed by atoms with van der Waals surface area (Å²) in [6, 6.07) is 0. The Morgan fingerprint density at radius 1 is 1.58 bits per heavy atom. The lowest BCUT2D eigenvalue weighted by Gasteiger charge is -2.17. The highest BCUT2D eigenvalue weighted by molar-refractivity contribution is 5.66. The Morgan fingerprint density at radius 3 is 2.67 bits per heavy atom. The van der Waals surface area contributed by atoms with Gasteiger partial charge in [-0.15, -0.1) is 11.6 Å². The molecular weight excluding hydrogens is 158 g/mol. The zero-order valence-electron chi connectivity index (χ0n) is 7.16. The molecule has 0 aliphatic heterocycles. The number of hydroxylamine groups is 2. The number of amides is 1. The minimum Gasteiger partial charge on any atom is -0.448 e. The van der Waals surface area contributed by atoms with Gasteiger partial charge in [0, 0.05) is 0 Å². The number of carbonyl (C=O) groups excluding carboxylic acids is 1. The SMILES string of the molecule is C=CCN(OC=C)C(=O)OCC. The molecule has 0 heterocycles. The van der Waals surface area contributed by atoms with Crippen LogP contribution in [0.25, 0.3) is 0 Å². The van der Waals surface area contributed by atoms with E-state index in [1.54, 1.807) is 6.92 Å². The van der Waals surface area contributed by atoms with Crippen molar-refractivity contribution in [3.8, 4) is 0 Å². The van der Waals surface area contributed by atoms with E-state index in [0.29, 0.717) is 6.61 Å². The standard InChI is InChI=1S/C8H13NO3/c1-4-7-9(12-6-3)8(10)11-5-2/h4,6H,1,3,5,7H2,2H3. The van der Waals surface area contributed by atoms with Gasteiger partial charge in [-0.25, -0.2) is 4.79 Å². The molecule has 0 rings (SSSR count). The number of rotatable bonds is 5. The predicted octanol–water partition coefficient (Wildman–Crippen LogP) is 1.71. The van der Waals surface area contributed by atoms with Crippen LogP contribution in [0.4, 0.5) is 4.79 Å². The van der Waals surface area contributed by atoms with Crippen LogP contribution in [0.2, 0.25) is 0 Å². The van der Waals surface area contributed by atoms with Crippen molar-refractivity contribution >= 4 is 6.09 Å². The van der Waals surface area contributed by atoms with Gasteiger partial charge >= 0.3 is 6.09 Å². The lowest BCUT2D eigenvalue weighted by Crippen LogP contribution is -2.30. The highest BCUT2D eigenvalue weighted by Crippen LogP contribution is 1.95. The third kappa shape index (κ3) is 3.65. The van der Waals surface area contributed by atoms with Gasteiger partial charge < -0.3 is 9.57 Å². The maximum Gasteiger partial charge on any atom is 0.443 e. The molecule has 0 saturated carbocycles. The fourth-order valence-electron chi connectivity index (χ4n) is 0.563. The Bertz CT molecular complexity index is 158. The molecule has 0 aliphatic carbocycles. The van der Waals surface area contributed by atoms with Crippen LogP contribution >= 0.6 is 0 Å². The van der Waals surface area contributed by atoms with Crippen molar-refractivity contribution in [3.05, 3.63) is 25.5 Å². The van der Waals surface area contributed by atoms with E-state index in [0.717, 1.165) is 11.3 Å². The van der Waals surface area contributed by atoms with Gasteiger partial charge in [0.2, 0.25) is 0 Å². The monoisotopic (exact) mass is 171 g/mol. The first kappa shape index (κ1) is 10.6. The molecule has 4 heteroatoms. The maximum atomic E-state index is 11.0. The molecule has 0 fully saturated rings. The van der Waals surface area contributed by atoms with E-state index in [4.69, 9.17) is 4.84 Å². The molecule has 0 aromatic heterocycles. The summed E-state index contributed by atoms with van der Waals surface area (Å²) >= 11 is 0. The second-order valence-corrected chi connectivity index (χ2v) is 1.82. The van der Waals surface area contributed by atoms with Gasteiger partial charge in [-0.05, 0) is 6.92 Å². The molecule has 0 spiro atoms. The molecule has 0 aromatic rings. The summed E-state index contributed by atoms with van der Waals surface area (Å²) in [6.45, 7) is 9.08. The molecule has 68 valence electrons. The van der Waals surface area contributed by atoms with Crippen LogP contribution in [0.3, 0.4) is 0 Å². The molecular formula is C8H13NO3. The summed E-state index contributed by atoms with van der Waals surface area (Å²) in [5.41, 5.74) is 0. The van der Waals surface area contributed by atoms with Gasteiger partial charge in [0.15, 0.2) is 0 Å². The smallest absolute Gasteiger partial charge is 0.443 e. The van der Waals surface area contributed by atoms with E-state index >= 15 is 0 Å². The molecule has 0 radical (unpaired) electrons. The molecule has 0 N–H and O–H groups in total. The minimum atomic E-state index is -0.544. The normalized spacial score (nSPS) is 8.42. The van der Waals surface area contributed by atoms with Crippen molar-refractivity contribution in [3.63, 3.8) is 0 Å². The van der Waals surface area contributed by atoms with Gasteiger partial charge in [-0.1, -0.05) is 12.7 Å². The topological polar surface area (TPSA) is 38.8 Å². The summed E-state index contributed by atoms with van der Waals surface area (Å²) < 4.78 is 4.68. The maximum absolute atomic E-state index is 11.0. The van der Waals surface area contributed by atoms with E-state index < -0.39 is 6.09 Å². The Balaban J connectivity index is 3.97. The number of nitrogens with zero attached hydrogens (tertiary/aromatic N) is 1. The Kier molecular flexibility index (Phi) is 5.51. The minimum absolute atomic E-state index is 0.269. The molecule has 1 amide bonds. The van der Waals surface area contributed by atoms with Crippen LogP contribution in [0.1, 0.15) is 6.92 Å². The predicted molar refractivity (Wildman–Crippen MR) is 45.2 cm³/mol. The highest BCUT2D eigenvalue weighted by atomic mass is 16.7. The summed E-state index contributed by atoms with van der Waals surface area (Å²) in [5, 5.41) is 1.02. The average molecular weight is 171 g/mol. The molecule has 12 heavy (non-hydrogen) atoms. The molecule has 0 unspecified atom stereocenters. The van der Waals surface area contributed by atoms with Crippen molar-refractivity contribution < 1.29 is 14.4 Å². The molecule has 0 atom stereocenters. The third-order valence-corrected chi connectivity index (χ3v) is 0.968. The Hall–Kier alpha value is -1.45. The van der Waals surface area contributed by atoms with Crippen molar-refractivity contribution in [2.45, 2.75) is 6.92 Å². The first-order chi connectivity index (χ1) is 5.76. The van der Waals surface area contributed by atoms with Crippen LogP contribution in [-0.2, 0) is 9.57 Å². The summed E-state index contributed by atoms with van der Waals surface area (Å²) in [7, 11) is 0. The van der Waals surface area contributed by atoms with E-state index in [9.17, 15) is 4.79 Å². The summed E-state index contributed by atoms with van der Waals surface area (Å²) in [6.07, 6.45) is 2.14. The number of carbonyl (C=O) groups is 1. The average Bonchev–Trinajstić information content (AvgIpc) is 2.04. The van der Waals surface area contributed by atoms with E-state index in [2.05, 4.69) is 17.9 Å². The van der Waals surface area contributed by atoms with Gasteiger partial charge in [-0.2, -0.15) is 0 Å². The van der Waals surface area contributed by atoms with Crippen LogP contribution in [0, 0.1) is 0 Å². The molecule has 4 nitrogen and oxygen atoms in total. The zero-order valence-corrected chi connectivity index (χ0v) is 7.16. The van der Waals surface area contributed by atoms with E-state index in [1.807, 2.05) is 0 Å². The van der Waals surface area contributed by atoms with Crippen LogP contribution in [0.15, 0.2) is 25.5 Å². The first-order valence-corrected chi connectivity index (χ1v) is 3.59. The fraction of sp³-hybridized carbons (Fsp3) is 0.375. The third-order valence-electron chi connectivity index (χ3n) is 0.968. The quantitative estimate of drug-likeness (QED) is 0.359. The van der Waals surface area contributed by atoms with Gasteiger partial charge in [-0.3, -0.25) is 0 Å². The van der Waals surface area contributed by atoms with Crippen molar-refractivity contribution in [1.82, 2.24) is 5.06 Å². The molecule has 0 saturated heterocycles. The summed E-state index contributed by atoms with van der Waals surface area (Å²) in [4.78, 5) is 15.8. The van der Waals surface area contributed by atoms with E-state index in [1.165, 1.54) is 6.08 Å². The van der Waals surface area contributed by atoms with Crippen molar-refractivity contribution in [2.75, 3.05) is 13.2 Å². The first-order valence-electron chi connectivity index (χ1n) is 3.59. The van der Waals surface area contributed by atoms with Crippen molar-refractivity contribution in [2.24, 2.45) is 0 Å². The lowest BCUT2D eigenvalue weighted by atomic mass is 10.6. The Labute approximate surface area is 72.0 Å². The molecule has 0 aromatic carbocycles. The van der Waals surface area contributed by atoms with Crippen LogP contribution in [0.5, 0.6) is 0 Å². The van der Waals surface area contributed by atoms with Gasteiger partial charge in [0.25, 0.3) is 0 Å².